The van der Waals surface area contributed by atoms with Gasteiger partial charge in [0.05, 0.1) is 17.0 Å². The Hall–Kier alpha value is -2.38. The highest BCUT2D eigenvalue weighted by atomic mass is 35.5. The zero-order chi connectivity index (χ0) is 14.5. The summed E-state index contributed by atoms with van der Waals surface area (Å²) in [5, 5.41) is 11.6. The predicted octanol–water partition coefficient (Wildman–Crippen LogP) is 3.53. The quantitative estimate of drug-likeness (QED) is 0.939. The van der Waals surface area contributed by atoms with E-state index in [0.717, 1.165) is 0 Å². The fourth-order valence-electron chi connectivity index (χ4n) is 1.70. The van der Waals surface area contributed by atoms with Crippen molar-refractivity contribution in [1.29, 1.82) is 5.26 Å². The summed E-state index contributed by atoms with van der Waals surface area (Å²) < 4.78 is 13.4. The summed E-state index contributed by atoms with van der Waals surface area (Å²) in [5.41, 5.74) is 1.12. The predicted molar refractivity (Wildman–Crippen MR) is 74.9 cm³/mol. The topological polar surface area (TPSA) is 52.9 Å². The van der Waals surface area contributed by atoms with Gasteiger partial charge >= 0.3 is 0 Å². The number of hydrogen-bond acceptors (Lipinski definition) is 2. The molecule has 0 saturated carbocycles. The minimum atomic E-state index is -0.416. The van der Waals surface area contributed by atoms with Crippen molar-refractivity contribution in [2.24, 2.45) is 0 Å². The van der Waals surface area contributed by atoms with Gasteiger partial charge in [-0.05, 0) is 29.8 Å². The molecule has 0 aliphatic carbocycles. The number of benzene rings is 2. The van der Waals surface area contributed by atoms with Gasteiger partial charge in [0.15, 0.2) is 0 Å². The van der Waals surface area contributed by atoms with Crippen LogP contribution in [0.25, 0.3) is 0 Å². The van der Waals surface area contributed by atoms with E-state index in [1.165, 1.54) is 18.2 Å². The number of carbonyl (C=O) groups excluding carboxylic acids is 1. The number of rotatable bonds is 3. The van der Waals surface area contributed by atoms with E-state index in [1.54, 1.807) is 24.3 Å². The van der Waals surface area contributed by atoms with E-state index in [1.807, 2.05) is 6.07 Å². The molecule has 1 amide bonds. The molecule has 0 spiro atoms. The molecule has 0 heterocycles. The number of halogens is 2. The molecule has 0 atom stereocenters. The number of carbonyl (C=O) groups is 1. The molecule has 0 unspecified atom stereocenters. The van der Waals surface area contributed by atoms with Gasteiger partial charge in [0.1, 0.15) is 11.9 Å². The smallest absolute Gasteiger partial charge is 0.228 e. The maximum atomic E-state index is 13.4. The lowest BCUT2D eigenvalue weighted by Crippen LogP contribution is -2.15. The van der Waals surface area contributed by atoms with Crippen LogP contribution in [0.3, 0.4) is 0 Å². The van der Waals surface area contributed by atoms with Crippen LogP contribution in [0.4, 0.5) is 10.1 Å². The average molecular weight is 289 g/mol. The molecule has 2 aromatic carbocycles. The lowest BCUT2D eigenvalue weighted by atomic mass is 10.1. The first-order chi connectivity index (χ1) is 9.60. The van der Waals surface area contributed by atoms with Crippen LogP contribution < -0.4 is 5.32 Å². The normalized spacial score (nSPS) is 9.85. The second-order valence-corrected chi connectivity index (χ2v) is 4.53. The van der Waals surface area contributed by atoms with Gasteiger partial charge in [-0.25, -0.2) is 4.39 Å². The number of nitrogens with one attached hydrogen (secondary N) is 1. The fourth-order valence-corrected chi connectivity index (χ4v) is 1.93. The number of nitrogens with zero attached hydrogens (tertiary/aromatic N) is 1. The van der Waals surface area contributed by atoms with E-state index in [9.17, 15) is 9.18 Å². The van der Waals surface area contributed by atoms with Gasteiger partial charge in [0.2, 0.25) is 5.91 Å². The summed E-state index contributed by atoms with van der Waals surface area (Å²) in [7, 11) is 0. The molecule has 3 nitrogen and oxygen atoms in total. The van der Waals surface area contributed by atoms with Crippen molar-refractivity contribution in [2.45, 2.75) is 6.42 Å². The second-order valence-electron chi connectivity index (χ2n) is 4.12. The van der Waals surface area contributed by atoms with Gasteiger partial charge in [0, 0.05) is 5.69 Å². The highest BCUT2D eigenvalue weighted by molar-refractivity contribution is 6.32. The maximum Gasteiger partial charge on any atom is 0.228 e. The Kier molecular flexibility index (Phi) is 4.34. The zero-order valence-corrected chi connectivity index (χ0v) is 11.1. The number of hydrogen-bond donors (Lipinski definition) is 1. The SMILES string of the molecule is N#Cc1ccc(NC(=O)Cc2ccccc2F)cc1Cl. The zero-order valence-electron chi connectivity index (χ0n) is 10.4. The van der Waals surface area contributed by atoms with Crippen LogP contribution >= 0.6 is 11.6 Å². The maximum absolute atomic E-state index is 13.4. The molecule has 0 aromatic heterocycles. The minimum Gasteiger partial charge on any atom is -0.326 e. The van der Waals surface area contributed by atoms with Crippen LogP contribution in [-0.2, 0) is 11.2 Å². The molecule has 100 valence electrons. The summed E-state index contributed by atoms with van der Waals surface area (Å²) in [4.78, 5) is 11.8. The van der Waals surface area contributed by atoms with E-state index < -0.39 is 5.82 Å². The third-order valence-corrected chi connectivity index (χ3v) is 2.99. The van der Waals surface area contributed by atoms with Crippen LogP contribution in [0.1, 0.15) is 11.1 Å². The van der Waals surface area contributed by atoms with Gasteiger partial charge in [-0.1, -0.05) is 29.8 Å². The van der Waals surface area contributed by atoms with Crippen molar-refractivity contribution in [1.82, 2.24) is 0 Å². The van der Waals surface area contributed by atoms with Crippen LogP contribution in [0, 0.1) is 17.1 Å². The summed E-state index contributed by atoms with van der Waals surface area (Å²) in [6.07, 6.45) is -0.0652. The van der Waals surface area contributed by atoms with Crippen LogP contribution in [-0.4, -0.2) is 5.91 Å². The van der Waals surface area contributed by atoms with Crippen LogP contribution in [0.5, 0.6) is 0 Å². The van der Waals surface area contributed by atoms with Gasteiger partial charge in [-0.15, -0.1) is 0 Å². The largest absolute Gasteiger partial charge is 0.326 e. The third-order valence-electron chi connectivity index (χ3n) is 2.68. The van der Waals surface area contributed by atoms with Crippen molar-refractivity contribution in [3.63, 3.8) is 0 Å². The molecule has 0 aliphatic rings. The van der Waals surface area contributed by atoms with Gasteiger partial charge in [-0.2, -0.15) is 5.26 Å². The van der Waals surface area contributed by atoms with E-state index in [4.69, 9.17) is 16.9 Å². The fraction of sp³-hybridized carbons (Fsp3) is 0.0667. The van der Waals surface area contributed by atoms with E-state index in [2.05, 4.69) is 5.32 Å². The first-order valence-corrected chi connectivity index (χ1v) is 6.21. The first-order valence-electron chi connectivity index (χ1n) is 5.83. The molecule has 0 aliphatic heterocycles. The molecule has 20 heavy (non-hydrogen) atoms. The highest BCUT2D eigenvalue weighted by Crippen LogP contribution is 2.20. The Labute approximate surface area is 120 Å². The highest BCUT2D eigenvalue weighted by Gasteiger charge is 2.09. The van der Waals surface area contributed by atoms with Crippen molar-refractivity contribution < 1.29 is 9.18 Å². The third kappa shape index (κ3) is 3.34. The molecule has 0 saturated heterocycles. The molecule has 0 bridgehead atoms. The van der Waals surface area contributed by atoms with E-state index >= 15 is 0 Å². The standard InChI is InChI=1S/C15H10ClFN2O/c16-13-8-12(6-5-11(13)9-18)19-15(20)7-10-3-1-2-4-14(10)17/h1-6,8H,7H2,(H,19,20). The van der Waals surface area contributed by atoms with Crippen molar-refractivity contribution in [2.75, 3.05) is 5.32 Å². The average Bonchev–Trinajstić information content (AvgIpc) is 2.41. The van der Waals surface area contributed by atoms with Gasteiger partial charge in [-0.3, -0.25) is 4.79 Å². The number of nitriles is 1. The minimum absolute atomic E-state index is 0.0652. The lowest BCUT2D eigenvalue weighted by Gasteiger charge is -2.07. The van der Waals surface area contributed by atoms with Crippen molar-refractivity contribution >= 4 is 23.2 Å². The Morgan fingerprint density at radius 1 is 1.30 bits per heavy atom. The summed E-state index contributed by atoms with van der Waals surface area (Å²) in [6, 6.07) is 12.6. The van der Waals surface area contributed by atoms with Crippen molar-refractivity contribution in [3.05, 3.63) is 64.4 Å². The molecule has 2 rings (SSSR count). The second kappa shape index (κ2) is 6.18. The molecule has 1 N–H and O–H groups in total. The van der Waals surface area contributed by atoms with Crippen LogP contribution in [0.15, 0.2) is 42.5 Å². The molecule has 5 heteroatoms. The Bertz CT molecular complexity index is 695. The molecular formula is C15H10ClFN2O. The van der Waals surface area contributed by atoms with Gasteiger partial charge in [0.25, 0.3) is 0 Å². The number of anilines is 1. The Morgan fingerprint density at radius 3 is 2.70 bits per heavy atom. The van der Waals surface area contributed by atoms with Gasteiger partial charge < -0.3 is 5.32 Å². The summed E-state index contributed by atoms with van der Waals surface area (Å²) in [6.45, 7) is 0. The summed E-state index contributed by atoms with van der Waals surface area (Å²) in [5.74, 6) is -0.767. The number of amides is 1. The lowest BCUT2D eigenvalue weighted by molar-refractivity contribution is -0.115. The van der Waals surface area contributed by atoms with Crippen molar-refractivity contribution in [3.8, 4) is 6.07 Å². The summed E-state index contributed by atoms with van der Waals surface area (Å²) >= 11 is 5.86. The Morgan fingerprint density at radius 2 is 2.05 bits per heavy atom. The molecule has 0 radical (unpaired) electrons. The Balaban J connectivity index is 2.07. The van der Waals surface area contributed by atoms with Crippen LogP contribution in [0.2, 0.25) is 5.02 Å². The molecule has 2 aromatic rings. The van der Waals surface area contributed by atoms with E-state index in [0.29, 0.717) is 16.8 Å². The van der Waals surface area contributed by atoms with E-state index in [-0.39, 0.29) is 17.4 Å². The first kappa shape index (κ1) is 14.0. The molecule has 0 fully saturated rings. The monoisotopic (exact) mass is 288 g/mol. The molecular weight excluding hydrogens is 279 g/mol.